The van der Waals surface area contributed by atoms with Gasteiger partial charge in [0.05, 0.1) is 25.7 Å². The molecule has 0 spiro atoms. The highest BCUT2D eigenvalue weighted by molar-refractivity contribution is 5.91. The first kappa shape index (κ1) is 49.3. The van der Waals surface area contributed by atoms with E-state index in [4.69, 9.17) is 9.47 Å². The molecule has 1 aromatic carbocycles. The van der Waals surface area contributed by atoms with Crippen LogP contribution in [0.15, 0.2) is 24.3 Å². The lowest BCUT2D eigenvalue weighted by molar-refractivity contribution is -0.141. The predicted octanol–water partition coefficient (Wildman–Crippen LogP) is 6.05. The van der Waals surface area contributed by atoms with Gasteiger partial charge in [-0.3, -0.25) is 19.2 Å². The van der Waals surface area contributed by atoms with Gasteiger partial charge < -0.3 is 40.7 Å². The highest BCUT2D eigenvalue weighted by atomic mass is 16.6. The lowest BCUT2D eigenvalue weighted by atomic mass is 9.83. The maximum Gasteiger partial charge on any atom is 0.408 e. The molecule has 5 N–H and O–H groups in total. The number of hydrogen-bond acceptors (Lipinski definition) is 8. The Morgan fingerprint density at radius 2 is 1.51 bits per heavy atom. The molecule has 1 aromatic rings. The van der Waals surface area contributed by atoms with Crippen molar-refractivity contribution in [2.45, 2.75) is 168 Å². The number of aliphatic hydroxyl groups excluding tert-OH is 1. The Morgan fingerprint density at radius 1 is 0.860 bits per heavy atom. The van der Waals surface area contributed by atoms with E-state index in [0.29, 0.717) is 56.4 Å². The van der Waals surface area contributed by atoms with E-state index in [1.54, 1.807) is 47.1 Å². The predicted molar refractivity (Wildman–Crippen MR) is 224 cm³/mol. The number of nitrogens with one attached hydrogen (secondary N) is 4. The van der Waals surface area contributed by atoms with Gasteiger partial charge in [-0.15, -0.1) is 0 Å². The Hall–Kier alpha value is -3.87. The molecule has 1 fully saturated rings. The second kappa shape index (κ2) is 25.5. The van der Waals surface area contributed by atoms with Gasteiger partial charge in [-0.25, -0.2) is 4.79 Å². The summed E-state index contributed by atoms with van der Waals surface area (Å²) >= 11 is 0. The highest BCUT2D eigenvalue weighted by Gasteiger charge is 2.36. The monoisotopic (exact) mass is 802 g/mol. The van der Waals surface area contributed by atoms with Crippen molar-refractivity contribution in [3.05, 3.63) is 29.8 Å². The smallest absolute Gasteiger partial charge is 0.408 e. The number of likely N-dealkylation sites (N-methyl/N-ethyl adjacent to an activating group) is 1. The van der Waals surface area contributed by atoms with Crippen LogP contribution in [-0.4, -0.2) is 96.8 Å². The van der Waals surface area contributed by atoms with Crippen molar-refractivity contribution in [1.82, 2.24) is 26.2 Å². The Balaban J connectivity index is 2.15. The van der Waals surface area contributed by atoms with Crippen LogP contribution in [0.3, 0.4) is 0 Å². The van der Waals surface area contributed by atoms with Crippen LogP contribution in [0.5, 0.6) is 5.75 Å². The third-order valence-corrected chi connectivity index (χ3v) is 10.3. The number of nitrogens with zero attached hydrogens (tertiary/aromatic N) is 1. The van der Waals surface area contributed by atoms with Crippen molar-refractivity contribution >= 4 is 29.7 Å². The molecule has 0 heterocycles. The molecule has 0 aliphatic heterocycles. The van der Waals surface area contributed by atoms with Crippen LogP contribution in [0.25, 0.3) is 0 Å². The van der Waals surface area contributed by atoms with Gasteiger partial charge in [0.25, 0.3) is 0 Å². The largest absolute Gasteiger partial charge is 0.497 e. The van der Waals surface area contributed by atoms with Crippen LogP contribution >= 0.6 is 0 Å². The maximum absolute atomic E-state index is 14.3. The van der Waals surface area contributed by atoms with E-state index < -0.39 is 47.7 Å². The number of rotatable bonds is 24. The normalized spacial score (nSPS) is 15.6. The number of aliphatic hydroxyl groups is 1. The number of carbonyl (C=O) groups is 5. The number of carbonyl (C=O) groups excluding carboxylic acids is 5. The summed E-state index contributed by atoms with van der Waals surface area (Å²) in [5.74, 6) is 0.363. The number of benzene rings is 1. The fraction of sp³-hybridized carbons (Fsp3) is 0.750. The van der Waals surface area contributed by atoms with E-state index in [2.05, 4.69) is 35.1 Å². The molecule has 13 heteroatoms. The van der Waals surface area contributed by atoms with Crippen molar-refractivity contribution in [1.29, 1.82) is 0 Å². The van der Waals surface area contributed by atoms with Crippen molar-refractivity contribution in [2.24, 2.45) is 17.8 Å². The summed E-state index contributed by atoms with van der Waals surface area (Å²) in [5, 5.41) is 23.1. The summed E-state index contributed by atoms with van der Waals surface area (Å²) in [5.41, 5.74) is -0.0156. The van der Waals surface area contributed by atoms with Gasteiger partial charge in [-0.05, 0) is 88.3 Å². The van der Waals surface area contributed by atoms with Crippen LogP contribution < -0.4 is 26.0 Å². The zero-order valence-electron chi connectivity index (χ0n) is 36.4. The summed E-state index contributed by atoms with van der Waals surface area (Å²) in [6.45, 7) is 14.5. The first-order valence-electron chi connectivity index (χ1n) is 21.3. The van der Waals surface area contributed by atoms with Gasteiger partial charge in [0, 0.05) is 33.0 Å². The fourth-order valence-corrected chi connectivity index (χ4v) is 7.12. The topological polar surface area (TPSA) is 175 Å². The molecule has 0 aromatic heterocycles. The molecule has 0 bridgehead atoms. The number of hydrogen-bond donors (Lipinski definition) is 5. The second-order valence-electron chi connectivity index (χ2n) is 17.7. The Bertz CT molecular complexity index is 1370. The summed E-state index contributed by atoms with van der Waals surface area (Å²) in [6, 6.07) is 4.53. The molecule has 1 saturated carbocycles. The number of amides is 5. The summed E-state index contributed by atoms with van der Waals surface area (Å²) in [4.78, 5) is 68.0. The van der Waals surface area contributed by atoms with Crippen molar-refractivity contribution in [3.63, 3.8) is 0 Å². The van der Waals surface area contributed by atoms with E-state index in [9.17, 15) is 29.1 Å². The number of ether oxygens (including phenoxy) is 2. The standard InChI is InChI=1S/C44H75N5O8/c1-30(2)23-25-46-39(51)18-14-11-15-24-45-40(52)29-38(50)35(27-32-16-12-10-13-17-32)47-41(53)37(26-31(3)4)49(8)42(54)36(48-43(55)57-44(5,6)7)28-33-19-21-34(56-9)22-20-33/h19-22,30-32,35-38,50H,10-18,23-29H2,1-9H3,(H,45,52)(H,46,51)(H,47,53)(H,48,55)/t35-,36-,37-,38-/m0/s1. The zero-order chi connectivity index (χ0) is 42.5. The van der Waals surface area contributed by atoms with Crippen LogP contribution in [0.2, 0.25) is 0 Å². The highest BCUT2D eigenvalue weighted by Crippen LogP contribution is 2.29. The van der Waals surface area contributed by atoms with E-state index in [0.717, 1.165) is 56.9 Å². The minimum Gasteiger partial charge on any atom is -0.497 e. The SMILES string of the molecule is COc1ccc(C[C@H](NC(=O)OC(C)(C)C)C(=O)N(C)[C@@H](CC(C)C)C(=O)N[C@@H](CC2CCCCC2)[C@@H](O)CC(=O)NCCCCCC(=O)NCCC(C)C)cc1. The first-order chi connectivity index (χ1) is 26.9. The van der Waals surface area contributed by atoms with Gasteiger partial charge in [-0.1, -0.05) is 78.4 Å². The first-order valence-corrected chi connectivity index (χ1v) is 21.3. The van der Waals surface area contributed by atoms with Crippen molar-refractivity contribution < 1.29 is 38.6 Å². The number of unbranched alkanes of at least 4 members (excludes halogenated alkanes) is 2. The molecule has 57 heavy (non-hydrogen) atoms. The van der Waals surface area contributed by atoms with E-state index in [-0.39, 0.29) is 30.6 Å². The van der Waals surface area contributed by atoms with Crippen LogP contribution in [-0.2, 0) is 30.3 Å². The van der Waals surface area contributed by atoms with Gasteiger partial charge in [0.1, 0.15) is 23.4 Å². The third-order valence-electron chi connectivity index (χ3n) is 10.3. The van der Waals surface area contributed by atoms with Crippen molar-refractivity contribution in [2.75, 3.05) is 27.2 Å². The second-order valence-corrected chi connectivity index (χ2v) is 17.7. The Morgan fingerprint density at radius 3 is 2.11 bits per heavy atom. The fourth-order valence-electron chi connectivity index (χ4n) is 7.12. The molecule has 13 nitrogen and oxygen atoms in total. The van der Waals surface area contributed by atoms with Gasteiger partial charge in [0.2, 0.25) is 23.6 Å². The van der Waals surface area contributed by atoms with Gasteiger partial charge in [-0.2, -0.15) is 0 Å². The lowest BCUT2D eigenvalue weighted by Crippen LogP contribution is -2.58. The molecule has 5 amide bonds. The molecule has 1 aliphatic carbocycles. The Labute approximate surface area is 342 Å². The summed E-state index contributed by atoms with van der Waals surface area (Å²) < 4.78 is 10.8. The molecule has 0 saturated heterocycles. The molecule has 2 rings (SSSR count). The molecular formula is C44H75N5O8. The number of alkyl carbamates (subject to hydrolysis) is 1. The van der Waals surface area contributed by atoms with Crippen LogP contribution in [0.1, 0.15) is 138 Å². The third kappa shape index (κ3) is 20.4. The zero-order valence-corrected chi connectivity index (χ0v) is 36.4. The average Bonchev–Trinajstić information content (AvgIpc) is 3.13. The van der Waals surface area contributed by atoms with E-state index >= 15 is 0 Å². The maximum atomic E-state index is 14.3. The molecule has 324 valence electrons. The van der Waals surface area contributed by atoms with E-state index in [1.165, 1.54) is 4.90 Å². The molecule has 0 unspecified atom stereocenters. The van der Waals surface area contributed by atoms with Gasteiger partial charge >= 0.3 is 6.09 Å². The molecular weight excluding hydrogens is 727 g/mol. The molecule has 0 radical (unpaired) electrons. The quantitative estimate of drug-likeness (QED) is 0.0786. The van der Waals surface area contributed by atoms with Crippen molar-refractivity contribution in [3.8, 4) is 5.75 Å². The Kier molecular flexibility index (Phi) is 22.0. The summed E-state index contributed by atoms with van der Waals surface area (Å²) in [6.07, 6.45) is 7.85. The summed E-state index contributed by atoms with van der Waals surface area (Å²) in [7, 11) is 3.13. The van der Waals surface area contributed by atoms with E-state index in [1.807, 2.05) is 26.0 Å². The molecule has 4 atom stereocenters. The minimum atomic E-state index is -1.14. The van der Waals surface area contributed by atoms with Gasteiger partial charge in [0.15, 0.2) is 0 Å². The lowest BCUT2D eigenvalue weighted by Gasteiger charge is -2.35. The average molecular weight is 802 g/mol. The van der Waals surface area contributed by atoms with Crippen LogP contribution in [0.4, 0.5) is 4.79 Å². The molecule has 1 aliphatic rings. The van der Waals surface area contributed by atoms with Crippen LogP contribution in [0, 0.1) is 17.8 Å². The number of methoxy groups -OCH3 is 1. The minimum absolute atomic E-state index is 0.0293.